The standard InChI is InChI=1S/C19H20ClFN4O2S/c1-11-7-13(10-27-11)19(26)25-18(24(2)9-14-3-4-15(20)28-14)16(21)17(23-25)12-5-6-22-8-12/h3-4,7,10,12,22H,5-6,8-9H2,1-2H3. The number of rotatable bonds is 5. The third kappa shape index (κ3) is 3.59. The molecule has 1 fully saturated rings. The van der Waals surface area contributed by atoms with Crippen molar-refractivity contribution in [2.45, 2.75) is 25.8 Å². The van der Waals surface area contributed by atoms with Crippen LogP contribution in [0.25, 0.3) is 0 Å². The van der Waals surface area contributed by atoms with E-state index < -0.39 is 11.7 Å². The number of nitrogens with one attached hydrogen (secondary N) is 1. The molecule has 4 rings (SSSR count). The first-order chi connectivity index (χ1) is 13.4. The van der Waals surface area contributed by atoms with Crippen LogP contribution in [-0.2, 0) is 6.54 Å². The Balaban J connectivity index is 1.74. The average Bonchev–Trinajstić information content (AvgIpc) is 3.42. The second-order valence-corrected chi connectivity index (χ2v) is 8.74. The maximum atomic E-state index is 15.4. The van der Waals surface area contributed by atoms with Gasteiger partial charge in [0.25, 0.3) is 5.91 Å². The SMILES string of the molecule is Cc1cc(C(=O)n2nc(C3CCNC3)c(F)c2N(C)Cc2ccc(Cl)s2)co1. The Bertz CT molecular complexity index is 1010. The summed E-state index contributed by atoms with van der Waals surface area (Å²) in [4.78, 5) is 15.7. The zero-order valence-corrected chi connectivity index (χ0v) is 17.1. The van der Waals surface area contributed by atoms with Crippen LogP contribution in [0.1, 0.15) is 39.0 Å². The van der Waals surface area contributed by atoms with Crippen LogP contribution in [0, 0.1) is 12.7 Å². The van der Waals surface area contributed by atoms with Crippen LogP contribution in [-0.4, -0.2) is 35.8 Å². The molecule has 1 aliphatic heterocycles. The van der Waals surface area contributed by atoms with E-state index in [0.717, 1.165) is 22.5 Å². The van der Waals surface area contributed by atoms with Crippen molar-refractivity contribution in [2.75, 3.05) is 25.0 Å². The molecule has 1 aliphatic rings. The predicted molar refractivity (Wildman–Crippen MR) is 107 cm³/mol. The molecule has 9 heteroatoms. The fourth-order valence-corrected chi connectivity index (χ4v) is 4.59. The van der Waals surface area contributed by atoms with Crippen LogP contribution in [0.5, 0.6) is 0 Å². The smallest absolute Gasteiger partial charge is 0.283 e. The summed E-state index contributed by atoms with van der Waals surface area (Å²) < 4.78 is 22.5. The Kier molecular flexibility index (Phi) is 5.27. The van der Waals surface area contributed by atoms with Crippen molar-refractivity contribution in [3.8, 4) is 0 Å². The van der Waals surface area contributed by atoms with E-state index >= 15 is 4.39 Å². The van der Waals surface area contributed by atoms with Gasteiger partial charge in [-0.05, 0) is 38.1 Å². The summed E-state index contributed by atoms with van der Waals surface area (Å²) in [6.45, 7) is 3.63. The summed E-state index contributed by atoms with van der Waals surface area (Å²) in [5.41, 5.74) is 0.662. The highest BCUT2D eigenvalue weighted by atomic mass is 35.5. The number of carbonyl (C=O) groups is 1. The van der Waals surface area contributed by atoms with E-state index in [4.69, 9.17) is 16.0 Å². The fraction of sp³-hybridized carbons (Fsp3) is 0.368. The minimum atomic E-state index is -0.451. The molecule has 6 nitrogen and oxygen atoms in total. The van der Waals surface area contributed by atoms with Crippen molar-refractivity contribution in [1.29, 1.82) is 0 Å². The van der Waals surface area contributed by atoms with Crippen molar-refractivity contribution >= 4 is 34.7 Å². The van der Waals surface area contributed by atoms with Crippen molar-refractivity contribution in [2.24, 2.45) is 0 Å². The van der Waals surface area contributed by atoms with Gasteiger partial charge in [-0.3, -0.25) is 4.79 Å². The van der Waals surface area contributed by atoms with E-state index in [2.05, 4.69) is 10.4 Å². The topological polar surface area (TPSA) is 63.3 Å². The van der Waals surface area contributed by atoms with E-state index in [0.29, 0.717) is 34.4 Å². The largest absolute Gasteiger partial charge is 0.469 e. The number of nitrogens with zero attached hydrogens (tertiary/aromatic N) is 3. The molecular weight excluding hydrogens is 403 g/mol. The maximum absolute atomic E-state index is 15.4. The maximum Gasteiger partial charge on any atom is 0.283 e. The molecule has 0 amide bonds. The van der Waals surface area contributed by atoms with Crippen molar-refractivity contribution in [1.82, 2.24) is 15.1 Å². The second kappa shape index (κ2) is 7.69. The molecular formula is C19H20ClFN4O2S. The molecule has 4 heterocycles. The summed E-state index contributed by atoms with van der Waals surface area (Å²) in [5.74, 6) is -0.162. The average molecular weight is 423 g/mol. The first-order valence-corrected chi connectivity index (χ1v) is 10.2. The van der Waals surface area contributed by atoms with Crippen LogP contribution in [0.4, 0.5) is 10.2 Å². The van der Waals surface area contributed by atoms with Gasteiger partial charge in [-0.15, -0.1) is 11.3 Å². The molecule has 148 valence electrons. The van der Waals surface area contributed by atoms with Crippen LogP contribution in [0.3, 0.4) is 0 Å². The lowest BCUT2D eigenvalue weighted by molar-refractivity contribution is 0.0945. The van der Waals surface area contributed by atoms with Gasteiger partial charge < -0.3 is 14.6 Å². The van der Waals surface area contributed by atoms with Gasteiger partial charge in [-0.1, -0.05) is 11.6 Å². The van der Waals surface area contributed by atoms with Gasteiger partial charge in [0.2, 0.25) is 0 Å². The van der Waals surface area contributed by atoms with Gasteiger partial charge in [0.05, 0.1) is 16.4 Å². The third-order valence-corrected chi connectivity index (χ3v) is 6.05. The first-order valence-electron chi connectivity index (χ1n) is 8.98. The Morgan fingerprint density at radius 3 is 2.96 bits per heavy atom. The minimum absolute atomic E-state index is 0.0523. The molecule has 0 radical (unpaired) electrons. The number of aryl methyl sites for hydroxylation is 1. The fourth-order valence-electron chi connectivity index (χ4n) is 3.45. The van der Waals surface area contributed by atoms with Crippen LogP contribution >= 0.6 is 22.9 Å². The molecule has 1 N–H and O–H groups in total. The quantitative estimate of drug-likeness (QED) is 0.672. The van der Waals surface area contributed by atoms with E-state index in [9.17, 15) is 4.79 Å². The molecule has 0 aromatic carbocycles. The zero-order chi connectivity index (χ0) is 19.8. The number of anilines is 1. The Morgan fingerprint density at radius 2 is 2.36 bits per heavy atom. The van der Waals surface area contributed by atoms with Gasteiger partial charge in [0.1, 0.15) is 17.7 Å². The minimum Gasteiger partial charge on any atom is -0.469 e. The van der Waals surface area contributed by atoms with Gasteiger partial charge in [-0.25, -0.2) is 4.39 Å². The lowest BCUT2D eigenvalue weighted by Crippen LogP contribution is -2.24. The van der Waals surface area contributed by atoms with Gasteiger partial charge in [0, 0.05) is 24.4 Å². The van der Waals surface area contributed by atoms with Crippen molar-refractivity contribution in [3.63, 3.8) is 0 Å². The molecule has 1 unspecified atom stereocenters. The first kappa shape index (κ1) is 19.2. The van der Waals surface area contributed by atoms with Gasteiger partial charge in [-0.2, -0.15) is 9.78 Å². The lowest BCUT2D eigenvalue weighted by Gasteiger charge is -2.18. The third-order valence-electron chi connectivity index (χ3n) is 4.83. The number of hydrogen-bond donors (Lipinski definition) is 1. The predicted octanol–water partition coefficient (Wildman–Crippen LogP) is 4.04. The van der Waals surface area contributed by atoms with Crippen LogP contribution in [0.15, 0.2) is 28.9 Å². The number of furan rings is 1. The summed E-state index contributed by atoms with van der Waals surface area (Å²) >= 11 is 7.44. The molecule has 1 atom stereocenters. The number of thiophene rings is 1. The van der Waals surface area contributed by atoms with Crippen LogP contribution < -0.4 is 10.2 Å². The van der Waals surface area contributed by atoms with Crippen LogP contribution in [0.2, 0.25) is 4.34 Å². The number of halogens is 2. The van der Waals surface area contributed by atoms with Crippen molar-refractivity contribution < 1.29 is 13.6 Å². The Labute approximate surface area is 170 Å². The summed E-state index contributed by atoms with van der Waals surface area (Å²) in [6, 6.07) is 5.32. The molecule has 28 heavy (non-hydrogen) atoms. The highest BCUT2D eigenvalue weighted by molar-refractivity contribution is 7.16. The molecule has 3 aromatic rings. The Hall–Kier alpha value is -2.16. The molecule has 1 saturated heterocycles. The second-order valence-electron chi connectivity index (χ2n) is 6.94. The molecule has 0 aliphatic carbocycles. The highest BCUT2D eigenvalue weighted by Crippen LogP contribution is 2.32. The van der Waals surface area contributed by atoms with E-state index in [1.807, 2.05) is 6.07 Å². The van der Waals surface area contributed by atoms with Gasteiger partial charge >= 0.3 is 0 Å². The van der Waals surface area contributed by atoms with Gasteiger partial charge in [0.15, 0.2) is 11.6 Å². The molecule has 0 saturated carbocycles. The molecule has 0 bridgehead atoms. The molecule has 0 spiro atoms. The number of carbonyl (C=O) groups excluding carboxylic acids is 1. The van der Waals surface area contributed by atoms with E-state index in [1.165, 1.54) is 17.6 Å². The highest BCUT2D eigenvalue weighted by Gasteiger charge is 2.31. The molecule has 3 aromatic heterocycles. The lowest BCUT2D eigenvalue weighted by atomic mass is 10.1. The number of aromatic nitrogens is 2. The number of hydrogen-bond acceptors (Lipinski definition) is 6. The Morgan fingerprint density at radius 1 is 1.54 bits per heavy atom. The summed E-state index contributed by atoms with van der Waals surface area (Å²) in [5, 5.41) is 7.61. The van der Waals surface area contributed by atoms with Crippen molar-refractivity contribution in [3.05, 3.63) is 56.5 Å². The van der Waals surface area contributed by atoms with E-state index in [1.54, 1.807) is 31.0 Å². The summed E-state index contributed by atoms with van der Waals surface area (Å²) in [7, 11) is 1.74. The zero-order valence-electron chi connectivity index (χ0n) is 15.5. The monoisotopic (exact) mass is 422 g/mol. The van der Waals surface area contributed by atoms with E-state index in [-0.39, 0.29) is 11.7 Å². The normalized spacial score (nSPS) is 16.6. The summed E-state index contributed by atoms with van der Waals surface area (Å²) in [6.07, 6.45) is 2.16.